The largest absolute Gasteiger partial charge is 0.478 e. The lowest BCUT2D eigenvalue weighted by molar-refractivity contribution is 0.0697. The predicted octanol–water partition coefficient (Wildman–Crippen LogP) is 1.33. The van der Waals surface area contributed by atoms with Crippen molar-refractivity contribution < 1.29 is 23.1 Å². The zero-order valence-electron chi connectivity index (χ0n) is 14.6. The van der Waals surface area contributed by atoms with E-state index in [4.69, 9.17) is 4.74 Å². The number of carboxylic acid groups (broad SMARTS) is 1. The van der Waals surface area contributed by atoms with Crippen LogP contribution in [0.5, 0.6) is 0 Å². The number of carbonyl (C=O) groups is 1. The maximum Gasteiger partial charge on any atom is 0.335 e. The Balaban J connectivity index is 1.92. The molecule has 0 saturated carbocycles. The molecule has 0 radical (unpaired) electrons. The van der Waals surface area contributed by atoms with Gasteiger partial charge in [-0.2, -0.15) is 0 Å². The number of aromatic carboxylic acids is 1. The third-order valence-electron chi connectivity index (χ3n) is 4.54. The van der Waals surface area contributed by atoms with Gasteiger partial charge in [0.1, 0.15) is 5.82 Å². The number of benzene rings is 1. The average Bonchev–Trinajstić information content (AvgIpc) is 3.23. The fraction of sp³-hybridized carbons (Fsp3) is 0.412. The van der Waals surface area contributed by atoms with Gasteiger partial charge in [-0.15, -0.1) is 0 Å². The first kappa shape index (κ1) is 18.6. The van der Waals surface area contributed by atoms with Crippen LogP contribution in [0, 0.1) is 5.92 Å². The number of carboxylic acids is 1. The molecule has 1 aliphatic rings. The van der Waals surface area contributed by atoms with Gasteiger partial charge in [0.2, 0.25) is 10.0 Å². The fourth-order valence-electron chi connectivity index (χ4n) is 3.07. The number of ether oxygens (including phenoxy) is 1. The molecule has 1 N–H and O–H groups in total. The highest BCUT2D eigenvalue weighted by atomic mass is 32.2. The summed E-state index contributed by atoms with van der Waals surface area (Å²) in [6.07, 6.45) is 3.40. The van der Waals surface area contributed by atoms with E-state index in [9.17, 15) is 18.3 Å². The van der Waals surface area contributed by atoms with Crippen molar-refractivity contribution in [3.05, 3.63) is 42.2 Å². The number of rotatable bonds is 6. The van der Waals surface area contributed by atoms with Crippen molar-refractivity contribution in [2.45, 2.75) is 6.04 Å². The molecule has 0 spiro atoms. The average molecular weight is 379 g/mol. The molecular formula is C17H21N3O5S. The summed E-state index contributed by atoms with van der Waals surface area (Å²) < 4.78 is 33.2. The molecule has 1 aromatic heterocycles. The van der Waals surface area contributed by atoms with E-state index in [0.717, 1.165) is 0 Å². The predicted molar refractivity (Wildman–Crippen MR) is 95.4 cm³/mol. The van der Waals surface area contributed by atoms with Gasteiger partial charge in [-0.1, -0.05) is 12.1 Å². The topological polar surface area (TPSA) is 102 Å². The van der Waals surface area contributed by atoms with E-state index < -0.39 is 16.0 Å². The lowest BCUT2D eigenvalue weighted by atomic mass is 10.0. The van der Waals surface area contributed by atoms with E-state index in [-0.39, 0.29) is 23.3 Å². The van der Waals surface area contributed by atoms with Crippen LogP contribution in [0.1, 0.15) is 16.4 Å². The van der Waals surface area contributed by atoms with Crippen molar-refractivity contribution in [2.24, 2.45) is 5.92 Å². The standard InChI is InChI=1S/C17H21N3O5S/c1-19(2)26(23,24)11-14-9-25-10-15(14)20-7-6-18-16(20)12-4-3-5-13(8-12)17(21)22/h3-8,14-15H,9-11H2,1-2H3,(H,21,22)/t14-,15+/m0/s1. The molecule has 9 heteroatoms. The maximum atomic E-state index is 12.3. The normalized spacial score (nSPS) is 20.6. The fourth-order valence-corrected chi connectivity index (χ4v) is 4.23. The zero-order valence-corrected chi connectivity index (χ0v) is 15.4. The Morgan fingerprint density at radius 3 is 2.85 bits per heavy atom. The highest BCUT2D eigenvalue weighted by molar-refractivity contribution is 7.89. The van der Waals surface area contributed by atoms with Crippen LogP contribution in [0.15, 0.2) is 36.7 Å². The quantitative estimate of drug-likeness (QED) is 0.812. The lowest BCUT2D eigenvalue weighted by Gasteiger charge is -2.22. The first-order chi connectivity index (χ1) is 12.3. The molecular weight excluding hydrogens is 358 g/mol. The number of imidazole rings is 1. The Morgan fingerprint density at radius 2 is 2.15 bits per heavy atom. The van der Waals surface area contributed by atoms with Crippen LogP contribution in [0.4, 0.5) is 0 Å². The monoisotopic (exact) mass is 379 g/mol. The molecule has 1 aliphatic heterocycles. The number of aromatic nitrogens is 2. The second-order valence-electron chi connectivity index (χ2n) is 6.47. The smallest absolute Gasteiger partial charge is 0.335 e. The Bertz CT molecular complexity index is 907. The highest BCUT2D eigenvalue weighted by Crippen LogP contribution is 2.32. The summed E-state index contributed by atoms with van der Waals surface area (Å²) in [4.78, 5) is 15.6. The van der Waals surface area contributed by atoms with Crippen molar-refractivity contribution in [1.82, 2.24) is 13.9 Å². The minimum Gasteiger partial charge on any atom is -0.478 e. The van der Waals surface area contributed by atoms with Crippen molar-refractivity contribution in [3.8, 4) is 11.4 Å². The molecule has 8 nitrogen and oxygen atoms in total. The molecule has 26 heavy (non-hydrogen) atoms. The van der Waals surface area contributed by atoms with Crippen molar-refractivity contribution in [1.29, 1.82) is 0 Å². The van der Waals surface area contributed by atoms with Crippen LogP contribution in [0.3, 0.4) is 0 Å². The summed E-state index contributed by atoms with van der Waals surface area (Å²) in [5, 5.41) is 9.19. The summed E-state index contributed by atoms with van der Waals surface area (Å²) in [5.74, 6) is -0.643. The first-order valence-corrected chi connectivity index (χ1v) is 9.75. The molecule has 2 heterocycles. The molecule has 0 bridgehead atoms. The van der Waals surface area contributed by atoms with Gasteiger partial charge in [-0.05, 0) is 12.1 Å². The molecule has 0 aliphatic carbocycles. The second-order valence-corrected chi connectivity index (χ2v) is 8.70. The molecule has 2 aromatic rings. The minimum atomic E-state index is -3.36. The molecule has 1 fully saturated rings. The van der Waals surface area contributed by atoms with E-state index in [1.54, 1.807) is 30.6 Å². The van der Waals surface area contributed by atoms with Crippen molar-refractivity contribution in [3.63, 3.8) is 0 Å². The van der Waals surface area contributed by atoms with Gasteiger partial charge >= 0.3 is 5.97 Å². The van der Waals surface area contributed by atoms with Gasteiger partial charge in [0.05, 0.1) is 30.6 Å². The van der Waals surface area contributed by atoms with Crippen LogP contribution < -0.4 is 0 Å². The molecule has 3 rings (SSSR count). The summed E-state index contributed by atoms with van der Waals surface area (Å²) in [6.45, 7) is 0.736. The molecule has 0 amide bonds. The number of nitrogens with zero attached hydrogens (tertiary/aromatic N) is 3. The lowest BCUT2D eigenvalue weighted by Crippen LogP contribution is -2.32. The van der Waals surface area contributed by atoms with E-state index in [2.05, 4.69) is 4.98 Å². The van der Waals surface area contributed by atoms with Crippen molar-refractivity contribution >= 4 is 16.0 Å². The molecule has 1 saturated heterocycles. The highest BCUT2D eigenvalue weighted by Gasteiger charge is 2.35. The van der Waals surface area contributed by atoms with Gasteiger partial charge in [0.25, 0.3) is 0 Å². The van der Waals surface area contributed by atoms with Gasteiger partial charge in [0.15, 0.2) is 0 Å². The van der Waals surface area contributed by atoms with Crippen LogP contribution in [-0.4, -0.2) is 66.4 Å². The minimum absolute atomic E-state index is 0.0164. The van der Waals surface area contributed by atoms with Crippen LogP contribution in [0.25, 0.3) is 11.4 Å². The van der Waals surface area contributed by atoms with Gasteiger partial charge in [-0.3, -0.25) is 0 Å². The third kappa shape index (κ3) is 3.64. The first-order valence-electron chi connectivity index (χ1n) is 8.14. The van der Waals surface area contributed by atoms with Gasteiger partial charge in [-0.25, -0.2) is 22.5 Å². The zero-order chi connectivity index (χ0) is 18.9. The van der Waals surface area contributed by atoms with E-state index in [1.807, 2.05) is 4.57 Å². The Morgan fingerprint density at radius 1 is 1.38 bits per heavy atom. The van der Waals surface area contributed by atoms with E-state index in [1.165, 1.54) is 24.5 Å². The third-order valence-corrected chi connectivity index (χ3v) is 6.50. The summed E-state index contributed by atoms with van der Waals surface area (Å²) in [5.41, 5.74) is 0.836. The number of sulfonamides is 1. The Kier molecular flexibility index (Phi) is 5.12. The van der Waals surface area contributed by atoms with Gasteiger partial charge in [0, 0.05) is 38.0 Å². The summed E-state index contributed by atoms with van der Waals surface area (Å²) in [6, 6.07) is 6.34. The Labute approximate surface area is 152 Å². The molecule has 140 valence electrons. The molecule has 2 atom stereocenters. The number of hydrogen-bond acceptors (Lipinski definition) is 5. The van der Waals surface area contributed by atoms with Crippen LogP contribution in [-0.2, 0) is 14.8 Å². The van der Waals surface area contributed by atoms with Crippen LogP contribution >= 0.6 is 0 Å². The SMILES string of the molecule is CN(C)S(=O)(=O)C[C@@H]1COC[C@H]1n1ccnc1-c1cccc(C(=O)O)c1. The summed E-state index contributed by atoms with van der Waals surface area (Å²) in [7, 11) is -0.331. The molecule has 1 aromatic carbocycles. The van der Waals surface area contributed by atoms with E-state index >= 15 is 0 Å². The van der Waals surface area contributed by atoms with Gasteiger partial charge < -0.3 is 14.4 Å². The maximum absolute atomic E-state index is 12.3. The van der Waals surface area contributed by atoms with Crippen LogP contribution in [0.2, 0.25) is 0 Å². The molecule has 0 unspecified atom stereocenters. The van der Waals surface area contributed by atoms with E-state index in [0.29, 0.717) is 24.6 Å². The summed E-state index contributed by atoms with van der Waals surface area (Å²) >= 11 is 0. The van der Waals surface area contributed by atoms with Crippen molar-refractivity contribution in [2.75, 3.05) is 33.1 Å². The second kappa shape index (κ2) is 7.18. The number of hydrogen-bond donors (Lipinski definition) is 1. The Hall–Kier alpha value is -2.23.